The van der Waals surface area contributed by atoms with Gasteiger partial charge in [-0.15, -0.1) is 0 Å². The summed E-state index contributed by atoms with van der Waals surface area (Å²) in [5.41, 5.74) is 0.850. The highest BCUT2D eigenvalue weighted by atomic mass is 16.2. The van der Waals surface area contributed by atoms with Crippen molar-refractivity contribution >= 4 is 17.5 Å². The minimum atomic E-state index is -0.0819. The highest BCUT2D eigenvalue weighted by molar-refractivity contribution is 5.92. The Bertz CT molecular complexity index is 603. The van der Waals surface area contributed by atoms with Crippen LogP contribution in [0.3, 0.4) is 0 Å². The van der Waals surface area contributed by atoms with Gasteiger partial charge >= 0.3 is 0 Å². The average molecular weight is 357 g/mol. The average Bonchev–Trinajstić information content (AvgIpc) is 2.68. The third-order valence-corrected chi connectivity index (χ3v) is 5.94. The van der Waals surface area contributed by atoms with Crippen molar-refractivity contribution in [2.24, 2.45) is 11.8 Å². The number of piperidine rings is 2. The first-order valence-corrected chi connectivity index (χ1v) is 9.93. The molecule has 1 unspecified atom stereocenters. The monoisotopic (exact) mass is 357 g/mol. The number of carbonyl (C=O) groups excluding carboxylic acids is 2. The Labute approximate surface area is 156 Å². The highest BCUT2D eigenvalue weighted by Gasteiger charge is 2.32. The number of carbonyl (C=O) groups is 2. The van der Waals surface area contributed by atoms with Crippen LogP contribution in [0.2, 0.25) is 0 Å². The van der Waals surface area contributed by atoms with E-state index in [1.54, 1.807) is 0 Å². The van der Waals surface area contributed by atoms with E-state index in [2.05, 4.69) is 17.1 Å². The van der Waals surface area contributed by atoms with Crippen molar-refractivity contribution in [2.45, 2.75) is 45.6 Å². The zero-order valence-electron chi connectivity index (χ0n) is 16.0. The maximum Gasteiger partial charge on any atom is 0.239 e. The van der Waals surface area contributed by atoms with Crippen molar-refractivity contribution in [2.75, 3.05) is 31.5 Å². The molecule has 2 fully saturated rings. The van der Waals surface area contributed by atoms with Crippen LogP contribution in [0, 0.1) is 11.8 Å². The van der Waals surface area contributed by atoms with Crippen molar-refractivity contribution in [3.63, 3.8) is 0 Å². The van der Waals surface area contributed by atoms with E-state index in [0.29, 0.717) is 0 Å². The largest absolute Gasteiger partial charge is 0.341 e. The van der Waals surface area contributed by atoms with E-state index in [9.17, 15) is 9.59 Å². The number of nitrogens with one attached hydrogen (secondary N) is 1. The second-order valence-electron chi connectivity index (χ2n) is 7.85. The van der Waals surface area contributed by atoms with E-state index in [1.165, 1.54) is 0 Å². The van der Waals surface area contributed by atoms with Gasteiger partial charge in [-0.1, -0.05) is 25.1 Å². The summed E-state index contributed by atoms with van der Waals surface area (Å²) in [6, 6.07) is 9.52. The predicted octanol–water partition coefficient (Wildman–Crippen LogP) is 2.98. The van der Waals surface area contributed by atoms with Crippen molar-refractivity contribution in [1.82, 2.24) is 9.80 Å². The molecule has 1 N–H and O–H groups in total. The summed E-state index contributed by atoms with van der Waals surface area (Å²) in [6.45, 7) is 7.68. The molecular weight excluding hydrogens is 326 g/mol. The van der Waals surface area contributed by atoms with E-state index in [-0.39, 0.29) is 23.8 Å². The summed E-state index contributed by atoms with van der Waals surface area (Å²) < 4.78 is 0. The van der Waals surface area contributed by atoms with Crippen LogP contribution in [0.4, 0.5) is 5.69 Å². The van der Waals surface area contributed by atoms with Gasteiger partial charge in [-0.3, -0.25) is 14.5 Å². The fourth-order valence-electron chi connectivity index (χ4n) is 3.96. The molecule has 2 aliphatic rings. The molecule has 1 atom stereocenters. The molecule has 26 heavy (non-hydrogen) atoms. The maximum atomic E-state index is 12.8. The molecule has 142 valence electrons. The van der Waals surface area contributed by atoms with Crippen LogP contribution < -0.4 is 5.32 Å². The molecule has 0 aromatic heterocycles. The summed E-state index contributed by atoms with van der Waals surface area (Å²) >= 11 is 0. The van der Waals surface area contributed by atoms with Crippen LogP contribution >= 0.6 is 0 Å². The fraction of sp³-hybridized carbons (Fsp3) is 0.619. The lowest BCUT2D eigenvalue weighted by Crippen LogP contribution is -2.52. The van der Waals surface area contributed by atoms with Crippen LogP contribution in [0.15, 0.2) is 30.3 Å². The van der Waals surface area contributed by atoms with Crippen LogP contribution in [-0.4, -0.2) is 53.8 Å². The molecule has 1 aromatic rings. The van der Waals surface area contributed by atoms with Crippen LogP contribution in [-0.2, 0) is 9.59 Å². The quantitative estimate of drug-likeness (QED) is 0.901. The summed E-state index contributed by atoms with van der Waals surface area (Å²) in [7, 11) is 0. The summed E-state index contributed by atoms with van der Waals surface area (Å²) in [5.74, 6) is 1.11. The Morgan fingerprint density at radius 2 is 1.62 bits per heavy atom. The van der Waals surface area contributed by atoms with Gasteiger partial charge in [0, 0.05) is 24.7 Å². The van der Waals surface area contributed by atoms with Gasteiger partial charge in [0.2, 0.25) is 11.8 Å². The lowest BCUT2D eigenvalue weighted by atomic mass is 9.94. The van der Waals surface area contributed by atoms with E-state index in [4.69, 9.17) is 0 Å². The molecule has 0 radical (unpaired) electrons. The van der Waals surface area contributed by atoms with Crippen LogP contribution in [0.25, 0.3) is 0 Å². The van der Waals surface area contributed by atoms with Gasteiger partial charge in [0.25, 0.3) is 0 Å². The third kappa shape index (κ3) is 4.64. The van der Waals surface area contributed by atoms with Gasteiger partial charge in [0.1, 0.15) is 0 Å². The number of anilines is 1. The number of para-hydroxylation sites is 1. The van der Waals surface area contributed by atoms with Crippen molar-refractivity contribution in [3.8, 4) is 0 Å². The smallest absolute Gasteiger partial charge is 0.239 e. The van der Waals surface area contributed by atoms with Gasteiger partial charge < -0.3 is 10.2 Å². The molecule has 2 amide bonds. The third-order valence-electron chi connectivity index (χ3n) is 5.94. The maximum absolute atomic E-state index is 12.8. The Kier molecular flexibility index (Phi) is 6.30. The zero-order valence-corrected chi connectivity index (χ0v) is 16.0. The molecule has 2 heterocycles. The Morgan fingerprint density at radius 1 is 1.00 bits per heavy atom. The van der Waals surface area contributed by atoms with E-state index < -0.39 is 0 Å². The van der Waals surface area contributed by atoms with Gasteiger partial charge in [0.15, 0.2) is 0 Å². The first-order chi connectivity index (χ1) is 12.5. The minimum Gasteiger partial charge on any atom is -0.341 e. The first kappa shape index (κ1) is 18.9. The molecule has 2 saturated heterocycles. The number of hydrogen-bond acceptors (Lipinski definition) is 3. The predicted molar refractivity (Wildman–Crippen MR) is 104 cm³/mol. The Morgan fingerprint density at radius 3 is 2.23 bits per heavy atom. The van der Waals surface area contributed by atoms with Gasteiger partial charge in [-0.2, -0.15) is 0 Å². The molecule has 3 rings (SSSR count). The van der Waals surface area contributed by atoms with Crippen molar-refractivity contribution in [3.05, 3.63) is 30.3 Å². The minimum absolute atomic E-state index is 0.0320. The molecule has 0 aliphatic carbocycles. The highest BCUT2D eigenvalue weighted by Crippen LogP contribution is 2.23. The molecule has 5 heteroatoms. The fourth-order valence-corrected chi connectivity index (χ4v) is 3.96. The topological polar surface area (TPSA) is 52.7 Å². The summed E-state index contributed by atoms with van der Waals surface area (Å²) in [6.07, 6.45) is 3.85. The normalized spacial score (nSPS) is 21.4. The number of amides is 2. The number of hydrogen-bond donors (Lipinski definition) is 1. The number of rotatable bonds is 4. The van der Waals surface area contributed by atoms with Gasteiger partial charge in [-0.25, -0.2) is 0 Å². The van der Waals surface area contributed by atoms with Crippen LogP contribution in [0.5, 0.6) is 0 Å². The first-order valence-electron chi connectivity index (χ1n) is 9.93. The molecule has 0 spiro atoms. The molecular formula is C21H31N3O2. The van der Waals surface area contributed by atoms with Crippen molar-refractivity contribution < 1.29 is 9.59 Å². The van der Waals surface area contributed by atoms with Gasteiger partial charge in [-0.05, 0) is 63.7 Å². The molecule has 2 aliphatic heterocycles. The number of nitrogens with zero attached hydrogens (tertiary/aromatic N) is 2. The van der Waals surface area contributed by atoms with E-state index in [1.807, 2.05) is 42.2 Å². The SMILES string of the molecule is CC1CCN(C(=O)C(C)N2CCC(C(=O)Nc3ccccc3)CC2)CC1. The van der Waals surface area contributed by atoms with Crippen LogP contribution in [0.1, 0.15) is 39.5 Å². The lowest BCUT2D eigenvalue weighted by molar-refractivity contribution is -0.138. The Balaban J connectivity index is 1.46. The lowest BCUT2D eigenvalue weighted by Gasteiger charge is -2.38. The number of likely N-dealkylation sites (tertiary alicyclic amines) is 2. The second-order valence-corrected chi connectivity index (χ2v) is 7.85. The van der Waals surface area contributed by atoms with Gasteiger partial charge in [0.05, 0.1) is 6.04 Å². The standard InChI is InChI=1S/C21H31N3O2/c1-16-8-12-24(13-9-16)21(26)17(2)23-14-10-18(11-15-23)20(25)22-19-6-4-3-5-7-19/h3-7,16-18H,8-15H2,1-2H3,(H,22,25). The zero-order chi connectivity index (χ0) is 18.5. The van der Waals surface area contributed by atoms with E-state index in [0.717, 1.165) is 63.5 Å². The Hall–Kier alpha value is -1.88. The second kappa shape index (κ2) is 8.67. The molecule has 0 bridgehead atoms. The summed E-state index contributed by atoms with van der Waals surface area (Å²) in [4.78, 5) is 29.5. The van der Waals surface area contributed by atoms with E-state index >= 15 is 0 Å². The molecule has 1 aromatic carbocycles. The summed E-state index contributed by atoms with van der Waals surface area (Å²) in [5, 5.41) is 3.00. The molecule has 0 saturated carbocycles. The number of benzene rings is 1. The molecule has 5 nitrogen and oxygen atoms in total. The van der Waals surface area contributed by atoms with Crippen molar-refractivity contribution in [1.29, 1.82) is 0 Å².